The molecule has 0 atom stereocenters. The molecule has 4 heterocycles. The van der Waals surface area contributed by atoms with Gasteiger partial charge in [-0.3, -0.25) is 4.79 Å². The summed E-state index contributed by atoms with van der Waals surface area (Å²) >= 11 is 0. The quantitative estimate of drug-likeness (QED) is 0.247. The van der Waals surface area contributed by atoms with Crippen LogP contribution < -0.4 is 10.1 Å². The molecule has 2 fully saturated rings. The Morgan fingerprint density at radius 2 is 1.71 bits per heavy atom. The number of fused-ring (bicyclic) bond motifs is 2. The molecule has 0 saturated carbocycles. The highest BCUT2D eigenvalue weighted by Gasteiger charge is 2.24. The number of benzene rings is 2. The Kier molecular flexibility index (Phi) is 10.7. The highest BCUT2D eigenvalue weighted by Crippen LogP contribution is 2.30. The molecule has 228 valence electrons. The van der Waals surface area contributed by atoms with Crippen molar-refractivity contribution in [3.8, 4) is 5.75 Å². The minimum absolute atomic E-state index is 0. The topological polar surface area (TPSA) is 94.0 Å². The van der Waals surface area contributed by atoms with Crippen LogP contribution in [0.25, 0.3) is 21.9 Å². The lowest BCUT2D eigenvalue weighted by Gasteiger charge is -2.35. The number of aliphatic hydroxyl groups is 1. The average molecular weight is 626 g/mol. The Balaban J connectivity index is 0.00000202. The lowest BCUT2D eigenvalue weighted by atomic mass is 10.0. The van der Waals surface area contributed by atoms with E-state index in [0.717, 1.165) is 88.0 Å². The highest BCUT2D eigenvalue weighted by atomic mass is 35.5. The number of aromatic nitrogens is 1. The molecule has 0 bridgehead atoms. The van der Waals surface area contributed by atoms with Crippen molar-refractivity contribution in [1.29, 1.82) is 0 Å². The maximum absolute atomic E-state index is 14.3. The Bertz CT molecular complexity index is 1500. The number of aromatic amines is 1. The van der Waals surface area contributed by atoms with Crippen molar-refractivity contribution in [3.63, 3.8) is 0 Å². The van der Waals surface area contributed by atoms with Crippen LogP contribution in [0, 0.1) is 11.6 Å². The molecule has 1 amide bonds. The number of hydrogen-bond donors (Lipinski definition) is 3. The summed E-state index contributed by atoms with van der Waals surface area (Å²) in [6, 6.07) is 9.34. The van der Waals surface area contributed by atoms with Crippen molar-refractivity contribution in [2.45, 2.75) is 44.4 Å². The van der Waals surface area contributed by atoms with E-state index in [4.69, 9.17) is 9.15 Å². The first-order valence-electron chi connectivity index (χ1n) is 14.0. The molecule has 0 radical (unpaired) electrons. The van der Waals surface area contributed by atoms with Gasteiger partial charge in [0, 0.05) is 73.9 Å². The van der Waals surface area contributed by atoms with E-state index in [9.17, 15) is 18.7 Å². The maximum atomic E-state index is 14.3. The summed E-state index contributed by atoms with van der Waals surface area (Å²) in [6.45, 7) is 5.88. The second-order valence-corrected chi connectivity index (χ2v) is 10.9. The van der Waals surface area contributed by atoms with Gasteiger partial charge in [-0.2, -0.15) is 0 Å². The summed E-state index contributed by atoms with van der Waals surface area (Å²) in [6.07, 6.45) is 4.75. The summed E-state index contributed by atoms with van der Waals surface area (Å²) < 4.78 is 39.1. The van der Waals surface area contributed by atoms with Crippen molar-refractivity contribution in [2.24, 2.45) is 0 Å². The van der Waals surface area contributed by atoms with Gasteiger partial charge in [-0.1, -0.05) is 6.07 Å². The molecule has 6 rings (SSSR count). The van der Waals surface area contributed by atoms with Crippen molar-refractivity contribution in [1.82, 2.24) is 20.1 Å². The fourth-order valence-corrected chi connectivity index (χ4v) is 5.78. The number of likely N-dealkylation sites (tertiary alicyclic amines) is 2. The van der Waals surface area contributed by atoms with Crippen LogP contribution in [-0.4, -0.2) is 77.2 Å². The van der Waals surface area contributed by atoms with Crippen LogP contribution in [-0.2, 0) is 6.61 Å². The van der Waals surface area contributed by atoms with Crippen LogP contribution in [0.15, 0.2) is 47.1 Å². The van der Waals surface area contributed by atoms with E-state index in [2.05, 4.69) is 20.1 Å². The minimum atomic E-state index is -0.699. The van der Waals surface area contributed by atoms with Gasteiger partial charge in [0.25, 0.3) is 5.91 Å². The van der Waals surface area contributed by atoms with Crippen molar-refractivity contribution >= 4 is 52.6 Å². The summed E-state index contributed by atoms with van der Waals surface area (Å²) in [5.74, 6) is -1.01. The number of nitrogens with one attached hydrogen (secondary N) is 2. The van der Waals surface area contributed by atoms with E-state index in [1.807, 2.05) is 12.1 Å². The van der Waals surface area contributed by atoms with Gasteiger partial charge < -0.3 is 34.4 Å². The molecule has 3 N–H and O–H groups in total. The first-order valence-corrected chi connectivity index (χ1v) is 14.0. The number of furan rings is 1. The zero-order valence-electron chi connectivity index (χ0n) is 23.1. The third kappa shape index (κ3) is 7.18. The summed E-state index contributed by atoms with van der Waals surface area (Å²) in [7, 11) is 0. The molecule has 8 nitrogen and oxygen atoms in total. The van der Waals surface area contributed by atoms with Gasteiger partial charge in [0.05, 0.1) is 17.8 Å². The highest BCUT2D eigenvalue weighted by molar-refractivity contribution is 5.99. The Labute approximate surface area is 255 Å². The lowest BCUT2D eigenvalue weighted by molar-refractivity contribution is 0.0729. The first-order chi connectivity index (χ1) is 19.4. The number of hydrogen-bond acceptors (Lipinski definition) is 6. The number of aliphatic hydroxyl groups excluding tert-OH is 1. The Morgan fingerprint density at radius 1 is 1.02 bits per heavy atom. The monoisotopic (exact) mass is 624 g/mol. The molecular weight excluding hydrogens is 589 g/mol. The van der Waals surface area contributed by atoms with Crippen molar-refractivity contribution in [3.05, 3.63) is 65.6 Å². The molecular formula is C30H36Cl2F2N4O4. The Morgan fingerprint density at radius 3 is 2.43 bits per heavy atom. The van der Waals surface area contributed by atoms with Gasteiger partial charge >= 0.3 is 0 Å². The molecule has 42 heavy (non-hydrogen) atoms. The van der Waals surface area contributed by atoms with E-state index in [1.165, 1.54) is 6.26 Å². The molecule has 2 aliphatic heterocycles. The van der Waals surface area contributed by atoms with E-state index >= 15 is 0 Å². The number of piperidine rings is 2. The normalized spacial score (nSPS) is 17.2. The molecule has 0 spiro atoms. The Hall–Kier alpha value is -2.89. The molecule has 0 aliphatic carbocycles. The zero-order chi connectivity index (χ0) is 27.6. The number of nitrogens with zero attached hydrogens (tertiary/aromatic N) is 2. The number of halogens is 4. The zero-order valence-corrected chi connectivity index (χ0v) is 24.7. The van der Waals surface area contributed by atoms with Crippen LogP contribution in [0.1, 0.15) is 41.7 Å². The molecule has 12 heteroatoms. The molecule has 2 aliphatic rings. The fourth-order valence-electron chi connectivity index (χ4n) is 5.78. The van der Waals surface area contributed by atoms with Crippen LogP contribution in [0.4, 0.5) is 8.78 Å². The number of amides is 1. The lowest BCUT2D eigenvalue weighted by Crippen LogP contribution is -2.47. The second-order valence-electron chi connectivity index (χ2n) is 10.9. The molecule has 0 unspecified atom stereocenters. The van der Waals surface area contributed by atoms with E-state index in [1.54, 1.807) is 12.1 Å². The van der Waals surface area contributed by atoms with Gasteiger partial charge in [0.2, 0.25) is 0 Å². The first kappa shape index (κ1) is 32.0. The van der Waals surface area contributed by atoms with Gasteiger partial charge in [0.15, 0.2) is 0 Å². The number of H-pyrrole nitrogens is 1. The van der Waals surface area contributed by atoms with Gasteiger partial charge in [-0.25, -0.2) is 8.78 Å². The molecule has 2 saturated heterocycles. The predicted molar refractivity (Wildman–Crippen MR) is 162 cm³/mol. The van der Waals surface area contributed by atoms with Crippen LogP contribution in [0.5, 0.6) is 5.75 Å². The van der Waals surface area contributed by atoms with E-state index in [0.29, 0.717) is 17.0 Å². The van der Waals surface area contributed by atoms with Gasteiger partial charge in [0.1, 0.15) is 35.3 Å². The maximum Gasteiger partial charge on any atom is 0.267 e. The fraction of sp³-hybridized carbons (Fsp3) is 0.433. The summed E-state index contributed by atoms with van der Waals surface area (Å²) in [5.41, 5.74) is 1.81. The number of carbonyl (C=O) groups is 1. The second kappa shape index (κ2) is 14.1. The number of carbonyl (C=O) groups excluding carboxylic acids is 1. The standard InChI is InChI=1S/C30H34F2N4O4.2ClH/c31-20-14-24(32)29-19(18-40-28(29)15-20)17-39-27-3-1-2-25-23(27)16-26(34-25)30(38)33-21-4-8-35(9-5-21)12-13-36-10-6-22(37)7-11-36;;/h1-3,14-16,18,21-22,34,37H,4-13,17H2,(H,33,38);2*1H. The van der Waals surface area contributed by atoms with Gasteiger partial charge in [-0.15, -0.1) is 24.8 Å². The third-order valence-electron chi connectivity index (χ3n) is 8.13. The predicted octanol–water partition coefficient (Wildman–Crippen LogP) is 5.27. The molecule has 4 aromatic rings. The van der Waals surface area contributed by atoms with Crippen LogP contribution in [0.3, 0.4) is 0 Å². The largest absolute Gasteiger partial charge is 0.488 e. The number of rotatable bonds is 8. The van der Waals surface area contributed by atoms with Crippen LogP contribution in [0.2, 0.25) is 0 Å². The van der Waals surface area contributed by atoms with Crippen molar-refractivity contribution in [2.75, 3.05) is 39.3 Å². The van der Waals surface area contributed by atoms with Crippen molar-refractivity contribution < 1.29 is 27.8 Å². The molecule has 2 aromatic heterocycles. The summed E-state index contributed by atoms with van der Waals surface area (Å²) in [5, 5.41) is 13.8. The van der Waals surface area contributed by atoms with E-state index in [-0.39, 0.29) is 60.4 Å². The SMILES string of the molecule is Cl.Cl.O=C(NC1CCN(CCN2CCC(O)CC2)CC1)c1cc2c(OCc3coc4cc(F)cc(F)c34)cccc2[nH]1. The summed E-state index contributed by atoms with van der Waals surface area (Å²) in [4.78, 5) is 21.1. The third-order valence-corrected chi connectivity index (χ3v) is 8.13. The average Bonchev–Trinajstić information content (AvgIpc) is 3.57. The van der Waals surface area contributed by atoms with E-state index < -0.39 is 11.6 Å². The van der Waals surface area contributed by atoms with Gasteiger partial charge in [-0.05, 0) is 43.9 Å². The van der Waals surface area contributed by atoms with Crippen LogP contribution >= 0.6 is 24.8 Å². The minimum Gasteiger partial charge on any atom is -0.488 e. The molecule has 2 aromatic carbocycles. The number of ether oxygens (including phenoxy) is 1. The smallest absolute Gasteiger partial charge is 0.267 e.